The second-order valence-corrected chi connectivity index (χ2v) is 7.26. The number of piperidine rings is 1. The summed E-state index contributed by atoms with van der Waals surface area (Å²) < 4.78 is 0. The van der Waals surface area contributed by atoms with E-state index in [-0.39, 0.29) is 5.28 Å². The van der Waals surface area contributed by atoms with E-state index in [4.69, 9.17) is 17.3 Å². The number of halogens is 1. The summed E-state index contributed by atoms with van der Waals surface area (Å²) in [4.78, 5) is 17.7. The highest BCUT2D eigenvalue weighted by molar-refractivity contribution is 6.28. The van der Waals surface area contributed by atoms with Gasteiger partial charge >= 0.3 is 0 Å². The molecule has 0 aromatic carbocycles. The molecule has 1 saturated heterocycles. The molecular formula is C19H23ClN6. The molecule has 3 heterocycles. The van der Waals surface area contributed by atoms with Crippen LogP contribution in [0.3, 0.4) is 0 Å². The normalized spacial score (nSPS) is 18.2. The molecule has 0 unspecified atom stereocenters. The van der Waals surface area contributed by atoms with Crippen molar-refractivity contribution in [2.24, 2.45) is 5.73 Å². The minimum absolute atomic E-state index is 0.287. The molecule has 6 nitrogen and oxygen atoms in total. The van der Waals surface area contributed by atoms with E-state index in [9.17, 15) is 0 Å². The molecule has 5 rings (SSSR count). The van der Waals surface area contributed by atoms with Gasteiger partial charge in [-0.15, -0.1) is 0 Å². The first-order valence-corrected chi connectivity index (χ1v) is 9.63. The average Bonchev–Trinajstić information content (AvgIpc) is 3.30. The molecule has 26 heavy (non-hydrogen) atoms. The van der Waals surface area contributed by atoms with Crippen LogP contribution in [0.2, 0.25) is 5.28 Å². The Hall–Kier alpha value is -1.89. The van der Waals surface area contributed by atoms with Crippen LogP contribution < -0.4 is 11.1 Å². The van der Waals surface area contributed by atoms with E-state index in [1.165, 1.54) is 5.56 Å². The Labute approximate surface area is 158 Å². The molecule has 0 spiro atoms. The highest BCUT2D eigenvalue weighted by Gasteiger charge is 2.22. The summed E-state index contributed by atoms with van der Waals surface area (Å²) in [5, 5.41) is 3.52. The van der Waals surface area contributed by atoms with Crippen molar-refractivity contribution in [3.05, 3.63) is 40.1 Å². The number of rotatable bonds is 1. The first-order valence-electron chi connectivity index (χ1n) is 9.25. The fraction of sp³-hybridized carbons (Fsp3) is 0.474. The smallest absolute Gasteiger partial charge is 0.223 e. The van der Waals surface area contributed by atoms with Crippen LogP contribution in [0.5, 0.6) is 0 Å². The fourth-order valence-electron chi connectivity index (χ4n) is 3.56. The van der Waals surface area contributed by atoms with Gasteiger partial charge in [-0.25, -0.2) is 19.9 Å². The van der Waals surface area contributed by atoms with E-state index in [1.807, 2.05) is 12.3 Å². The van der Waals surface area contributed by atoms with Crippen molar-refractivity contribution < 1.29 is 0 Å². The van der Waals surface area contributed by atoms with Crippen molar-refractivity contribution in [2.75, 3.05) is 13.1 Å². The standard InChI is InChI=1S/C14H11ClN4.C5H12N2/c15-14-18-11-6-2-4-9(11)12(19-14)13-16-7-8-3-1-5-10(8)17-13;6-5-1-3-7-4-2-5/h1,5,7H,2-4,6H2;5,7H,1-4,6H2. The molecule has 2 aromatic heterocycles. The molecule has 0 saturated carbocycles. The molecule has 3 aliphatic rings. The maximum atomic E-state index is 6.00. The summed E-state index contributed by atoms with van der Waals surface area (Å²) in [6.07, 6.45) is 12.3. The van der Waals surface area contributed by atoms with Gasteiger partial charge in [-0.1, -0.05) is 6.08 Å². The maximum absolute atomic E-state index is 6.00. The molecule has 0 amide bonds. The van der Waals surface area contributed by atoms with Gasteiger partial charge in [0, 0.05) is 23.5 Å². The third-order valence-electron chi connectivity index (χ3n) is 5.01. The van der Waals surface area contributed by atoms with E-state index in [0.29, 0.717) is 11.9 Å². The fourth-order valence-corrected chi connectivity index (χ4v) is 3.75. The maximum Gasteiger partial charge on any atom is 0.223 e. The van der Waals surface area contributed by atoms with Crippen LogP contribution >= 0.6 is 11.6 Å². The number of hydrogen-bond donors (Lipinski definition) is 2. The third kappa shape index (κ3) is 3.77. The van der Waals surface area contributed by atoms with Crippen molar-refractivity contribution in [2.45, 2.75) is 44.6 Å². The average molecular weight is 371 g/mol. The first kappa shape index (κ1) is 17.5. The van der Waals surface area contributed by atoms with Gasteiger partial charge in [0.1, 0.15) is 5.69 Å². The largest absolute Gasteiger partial charge is 0.328 e. The number of allylic oxidation sites excluding steroid dienone is 1. The lowest BCUT2D eigenvalue weighted by atomic mass is 10.1. The van der Waals surface area contributed by atoms with Crippen molar-refractivity contribution >= 4 is 17.7 Å². The minimum atomic E-state index is 0.287. The van der Waals surface area contributed by atoms with Gasteiger partial charge in [-0.2, -0.15) is 0 Å². The lowest BCUT2D eigenvalue weighted by Gasteiger charge is -2.17. The highest BCUT2D eigenvalue weighted by atomic mass is 35.5. The SMILES string of the molecule is Clc1nc2c(c(-c3ncc4c(n3)C=CC4)n1)CCC2.NC1CCNCC1. The number of fused-ring (bicyclic) bond motifs is 2. The van der Waals surface area contributed by atoms with Gasteiger partial charge in [-0.3, -0.25) is 0 Å². The third-order valence-corrected chi connectivity index (χ3v) is 5.18. The van der Waals surface area contributed by atoms with E-state index in [1.54, 1.807) is 0 Å². The van der Waals surface area contributed by atoms with Crippen LogP contribution in [0, 0.1) is 0 Å². The lowest BCUT2D eigenvalue weighted by Crippen LogP contribution is -2.35. The van der Waals surface area contributed by atoms with Gasteiger partial charge in [-0.05, 0) is 74.9 Å². The Morgan fingerprint density at radius 1 is 1.12 bits per heavy atom. The molecule has 1 fully saturated rings. The summed E-state index contributed by atoms with van der Waals surface area (Å²) >= 11 is 6.00. The van der Waals surface area contributed by atoms with Crippen LogP contribution in [0.25, 0.3) is 17.6 Å². The van der Waals surface area contributed by atoms with E-state index < -0.39 is 0 Å². The van der Waals surface area contributed by atoms with Gasteiger partial charge in [0.15, 0.2) is 5.82 Å². The summed E-state index contributed by atoms with van der Waals surface area (Å²) in [5.41, 5.74) is 10.8. The number of nitrogens with two attached hydrogens (primary N) is 1. The molecule has 0 radical (unpaired) electrons. The molecule has 136 valence electrons. The zero-order chi connectivity index (χ0) is 17.9. The topological polar surface area (TPSA) is 89.6 Å². The molecule has 2 aromatic rings. The Bertz CT molecular complexity index is 829. The van der Waals surface area contributed by atoms with Gasteiger partial charge in [0.25, 0.3) is 0 Å². The molecule has 0 atom stereocenters. The minimum Gasteiger partial charge on any atom is -0.328 e. The number of aryl methyl sites for hydroxylation is 1. The molecule has 3 N–H and O–H groups in total. The summed E-state index contributed by atoms with van der Waals surface area (Å²) in [5.74, 6) is 0.660. The second-order valence-electron chi connectivity index (χ2n) is 6.92. The molecule has 7 heteroatoms. The quantitative estimate of drug-likeness (QED) is 0.749. The van der Waals surface area contributed by atoms with Crippen LogP contribution in [0.15, 0.2) is 12.3 Å². The van der Waals surface area contributed by atoms with Gasteiger partial charge < -0.3 is 11.1 Å². The zero-order valence-electron chi connectivity index (χ0n) is 14.7. The Kier molecular flexibility index (Phi) is 5.24. The van der Waals surface area contributed by atoms with Crippen molar-refractivity contribution in [3.63, 3.8) is 0 Å². The number of hydrogen-bond acceptors (Lipinski definition) is 6. The number of nitrogens with zero attached hydrogens (tertiary/aromatic N) is 4. The monoisotopic (exact) mass is 370 g/mol. The molecule has 0 bridgehead atoms. The van der Waals surface area contributed by atoms with E-state index in [2.05, 4.69) is 31.3 Å². The molecule has 1 aliphatic heterocycles. The van der Waals surface area contributed by atoms with E-state index in [0.717, 1.165) is 74.3 Å². The summed E-state index contributed by atoms with van der Waals surface area (Å²) in [6, 6.07) is 0.473. The molecular weight excluding hydrogens is 348 g/mol. The predicted octanol–water partition coefficient (Wildman–Crippen LogP) is 2.34. The zero-order valence-corrected chi connectivity index (χ0v) is 15.5. The van der Waals surface area contributed by atoms with Gasteiger partial charge in [0.05, 0.1) is 5.69 Å². The summed E-state index contributed by atoms with van der Waals surface area (Å²) in [7, 11) is 0. The highest BCUT2D eigenvalue weighted by Crippen LogP contribution is 2.30. The van der Waals surface area contributed by atoms with Crippen LogP contribution in [0.1, 0.15) is 41.8 Å². The Balaban J connectivity index is 0.000000204. The lowest BCUT2D eigenvalue weighted by molar-refractivity contribution is 0.458. The second kappa shape index (κ2) is 7.78. The van der Waals surface area contributed by atoms with Gasteiger partial charge in [0.2, 0.25) is 5.28 Å². The predicted molar refractivity (Wildman–Crippen MR) is 103 cm³/mol. The van der Waals surface area contributed by atoms with Crippen LogP contribution in [0.4, 0.5) is 0 Å². The van der Waals surface area contributed by atoms with Crippen molar-refractivity contribution in [1.82, 2.24) is 25.3 Å². The summed E-state index contributed by atoms with van der Waals surface area (Å²) in [6.45, 7) is 2.22. The van der Waals surface area contributed by atoms with Crippen LogP contribution in [-0.4, -0.2) is 39.1 Å². The van der Waals surface area contributed by atoms with Crippen LogP contribution in [-0.2, 0) is 19.3 Å². The molecule has 2 aliphatic carbocycles. The Morgan fingerprint density at radius 2 is 1.96 bits per heavy atom. The Morgan fingerprint density at radius 3 is 2.73 bits per heavy atom. The number of aromatic nitrogens is 4. The number of nitrogens with one attached hydrogen (secondary N) is 1. The van der Waals surface area contributed by atoms with Crippen molar-refractivity contribution in [1.29, 1.82) is 0 Å². The van der Waals surface area contributed by atoms with Crippen molar-refractivity contribution in [3.8, 4) is 11.5 Å². The van der Waals surface area contributed by atoms with E-state index >= 15 is 0 Å². The first-order chi connectivity index (χ1) is 12.7.